The van der Waals surface area contributed by atoms with Gasteiger partial charge in [-0.1, -0.05) is 11.6 Å². The summed E-state index contributed by atoms with van der Waals surface area (Å²) in [6.45, 7) is 3.05. The van der Waals surface area contributed by atoms with Crippen LogP contribution in [0.25, 0.3) is 0 Å². The molecule has 0 aliphatic carbocycles. The van der Waals surface area contributed by atoms with E-state index < -0.39 is 11.9 Å². The number of nitrogens with one attached hydrogen (secondary N) is 2. The average Bonchev–Trinajstić information content (AvgIpc) is 2.38. The highest BCUT2D eigenvalue weighted by atomic mass is 35.5. The highest BCUT2D eigenvalue weighted by Gasteiger charge is 2.28. The SMILES string of the molecule is C[C@H]1OCCN[C@@H]1C(=O)Nc1ccc(C(N)=O)c(Cl)c1. The molecule has 0 bridgehead atoms. The standard InChI is InChI=1S/C13H16ClN3O3/c1-7-11(16-4-5-20-7)13(19)17-8-2-3-9(12(15)18)10(14)6-8/h2-3,6-7,11,16H,4-5H2,1H3,(H2,15,18)(H,17,19)/t7-,11+/m1/s1. The van der Waals surface area contributed by atoms with Crippen molar-refractivity contribution in [3.63, 3.8) is 0 Å². The molecule has 0 spiro atoms. The number of primary amides is 1. The van der Waals surface area contributed by atoms with E-state index >= 15 is 0 Å². The monoisotopic (exact) mass is 297 g/mol. The lowest BCUT2D eigenvalue weighted by atomic mass is 10.1. The highest BCUT2D eigenvalue weighted by Crippen LogP contribution is 2.21. The zero-order valence-electron chi connectivity index (χ0n) is 11.0. The molecule has 2 rings (SSSR count). The fourth-order valence-electron chi connectivity index (χ4n) is 2.04. The van der Waals surface area contributed by atoms with Crippen LogP contribution in [0.5, 0.6) is 0 Å². The van der Waals surface area contributed by atoms with Gasteiger partial charge in [-0.25, -0.2) is 0 Å². The average molecular weight is 298 g/mol. The Hall–Kier alpha value is -1.63. The van der Waals surface area contributed by atoms with Gasteiger partial charge in [0.2, 0.25) is 11.8 Å². The molecule has 0 radical (unpaired) electrons. The lowest BCUT2D eigenvalue weighted by Gasteiger charge is -2.29. The third-order valence-corrected chi connectivity index (χ3v) is 3.41. The Morgan fingerprint density at radius 2 is 2.25 bits per heavy atom. The summed E-state index contributed by atoms with van der Waals surface area (Å²) in [5, 5.41) is 6.02. The molecule has 2 amide bonds. The van der Waals surface area contributed by atoms with Gasteiger partial charge in [0.1, 0.15) is 6.04 Å². The molecule has 1 aromatic rings. The minimum absolute atomic E-state index is 0.205. The third-order valence-electron chi connectivity index (χ3n) is 3.10. The van der Waals surface area contributed by atoms with Gasteiger partial charge in [0.15, 0.2) is 0 Å². The van der Waals surface area contributed by atoms with Crippen molar-refractivity contribution < 1.29 is 14.3 Å². The molecule has 2 atom stereocenters. The fourth-order valence-corrected chi connectivity index (χ4v) is 2.31. The fraction of sp³-hybridized carbons (Fsp3) is 0.385. The highest BCUT2D eigenvalue weighted by molar-refractivity contribution is 6.34. The molecular weight excluding hydrogens is 282 g/mol. The first-order valence-corrected chi connectivity index (χ1v) is 6.62. The van der Waals surface area contributed by atoms with E-state index in [0.29, 0.717) is 18.8 Å². The van der Waals surface area contributed by atoms with E-state index in [2.05, 4.69) is 10.6 Å². The zero-order valence-corrected chi connectivity index (χ0v) is 11.7. The van der Waals surface area contributed by atoms with E-state index in [9.17, 15) is 9.59 Å². The van der Waals surface area contributed by atoms with Crippen LogP contribution in [0.15, 0.2) is 18.2 Å². The van der Waals surface area contributed by atoms with Gasteiger partial charge in [-0.2, -0.15) is 0 Å². The normalized spacial score (nSPS) is 22.3. The zero-order chi connectivity index (χ0) is 14.7. The van der Waals surface area contributed by atoms with Gasteiger partial charge in [0.25, 0.3) is 0 Å². The van der Waals surface area contributed by atoms with Crippen molar-refractivity contribution in [2.24, 2.45) is 5.73 Å². The number of amides is 2. The number of rotatable bonds is 3. The maximum absolute atomic E-state index is 12.1. The Kier molecular flexibility index (Phi) is 4.59. The van der Waals surface area contributed by atoms with E-state index in [4.69, 9.17) is 22.1 Å². The van der Waals surface area contributed by atoms with Crippen LogP contribution in [0, 0.1) is 0 Å². The first kappa shape index (κ1) is 14.8. The summed E-state index contributed by atoms with van der Waals surface area (Å²) in [6.07, 6.45) is -0.205. The molecule has 7 heteroatoms. The number of anilines is 1. The molecule has 6 nitrogen and oxygen atoms in total. The second-order valence-electron chi connectivity index (χ2n) is 4.56. The molecule has 1 fully saturated rings. The lowest BCUT2D eigenvalue weighted by molar-refractivity contribution is -0.123. The summed E-state index contributed by atoms with van der Waals surface area (Å²) in [4.78, 5) is 23.2. The van der Waals surface area contributed by atoms with Crippen LogP contribution in [-0.2, 0) is 9.53 Å². The van der Waals surface area contributed by atoms with Gasteiger partial charge in [-0.3, -0.25) is 9.59 Å². The van der Waals surface area contributed by atoms with Gasteiger partial charge in [-0.15, -0.1) is 0 Å². The Morgan fingerprint density at radius 1 is 1.50 bits per heavy atom. The topological polar surface area (TPSA) is 93.4 Å². The van der Waals surface area contributed by atoms with Gasteiger partial charge in [0, 0.05) is 12.2 Å². The maximum atomic E-state index is 12.1. The first-order valence-electron chi connectivity index (χ1n) is 6.24. The molecular formula is C13H16ClN3O3. The molecule has 4 N–H and O–H groups in total. The molecule has 20 heavy (non-hydrogen) atoms. The van der Waals surface area contributed by atoms with Gasteiger partial charge >= 0.3 is 0 Å². The number of hydrogen-bond donors (Lipinski definition) is 3. The van der Waals surface area contributed by atoms with Crippen molar-refractivity contribution in [1.29, 1.82) is 0 Å². The summed E-state index contributed by atoms with van der Waals surface area (Å²) in [6, 6.07) is 4.14. The Morgan fingerprint density at radius 3 is 2.85 bits per heavy atom. The van der Waals surface area contributed by atoms with Crippen molar-refractivity contribution in [1.82, 2.24) is 5.32 Å². The Balaban J connectivity index is 2.08. The Bertz CT molecular complexity index is 536. The van der Waals surface area contributed by atoms with E-state index in [0.717, 1.165) is 0 Å². The molecule has 0 aromatic heterocycles. The van der Waals surface area contributed by atoms with Crippen LogP contribution in [0.2, 0.25) is 5.02 Å². The predicted octanol–water partition coefficient (Wildman–Crippen LogP) is 0.754. The maximum Gasteiger partial charge on any atom is 0.250 e. The molecule has 0 unspecified atom stereocenters. The van der Waals surface area contributed by atoms with Crippen LogP contribution in [-0.4, -0.2) is 37.1 Å². The summed E-state index contributed by atoms with van der Waals surface area (Å²) >= 11 is 5.93. The minimum Gasteiger partial charge on any atom is -0.375 e. The quantitative estimate of drug-likeness (QED) is 0.767. The number of benzene rings is 1. The van der Waals surface area contributed by atoms with E-state index in [1.807, 2.05) is 6.92 Å². The van der Waals surface area contributed by atoms with E-state index in [1.54, 1.807) is 6.07 Å². The third kappa shape index (κ3) is 3.27. The second kappa shape index (κ2) is 6.21. The number of morpholine rings is 1. The summed E-state index contributed by atoms with van der Waals surface area (Å²) in [7, 11) is 0. The largest absolute Gasteiger partial charge is 0.375 e. The van der Waals surface area contributed by atoms with E-state index in [-0.39, 0.29) is 22.6 Å². The number of halogens is 1. The van der Waals surface area contributed by atoms with Crippen LogP contribution in [0.4, 0.5) is 5.69 Å². The van der Waals surface area contributed by atoms with Crippen LogP contribution in [0.3, 0.4) is 0 Å². The summed E-state index contributed by atoms with van der Waals surface area (Å²) in [5.41, 5.74) is 5.89. The number of hydrogen-bond acceptors (Lipinski definition) is 4. The summed E-state index contributed by atoms with van der Waals surface area (Å²) in [5.74, 6) is -0.816. The molecule has 1 aliphatic rings. The van der Waals surface area contributed by atoms with Crippen molar-refractivity contribution >= 4 is 29.1 Å². The van der Waals surface area contributed by atoms with Gasteiger partial charge in [-0.05, 0) is 25.1 Å². The summed E-state index contributed by atoms with van der Waals surface area (Å²) < 4.78 is 5.41. The van der Waals surface area contributed by atoms with Crippen molar-refractivity contribution in [3.05, 3.63) is 28.8 Å². The predicted molar refractivity (Wildman–Crippen MR) is 75.8 cm³/mol. The smallest absolute Gasteiger partial charge is 0.250 e. The minimum atomic E-state index is -0.608. The molecule has 1 aliphatic heterocycles. The molecule has 108 valence electrons. The van der Waals surface area contributed by atoms with Crippen molar-refractivity contribution in [2.75, 3.05) is 18.5 Å². The first-order chi connectivity index (χ1) is 9.49. The number of carbonyl (C=O) groups is 2. The van der Waals surface area contributed by atoms with Gasteiger partial charge in [0.05, 0.1) is 23.3 Å². The van der Waals surface area contributed by atoms with Crippen molar-refractivity contribution in [3.8, 4) is 0 Å². The number of nitrogens with two attached hydrogens (primary N) is 1. The van der Waals surface area contributed by atoms with Crippen LogP contribution in [0.1, 0.15) is 17.3 Å². The second-order valence-corrected chi connectivity index (χ2v) is 4.96. The number of carbonyl (C=O) groups excluding carboxylic acids is 2. The number of ether oxygens (including phenoxy) is 1. The van der Waals surface area contributed by atoms with Crippen LogP contribution < -0.4 is 16.4 Å². The molecule has 0 saturated carbocycles. The molecule has 1 aromatic carbocycles. The molecule has 1 saturated heterocycles. The lowest BCUT2D eigenvalue weighted by Crippen LogP contribution is -2.53. The van der Waals surface area contributed by atoms with Crippen LogP contribution >= 0.6 is 11.6 Å². The van der Waals surface area contributed by atoms with Crippen molar-refractivity contribution in [2.45, 2.75) is 19.1 Å². The van der Waals surface area contributed by atoms with E-state index in [1.165, 1.54) is 12.1 Å². The van der Waals surface area contributed by atoms with Gasteiger partial charge < -0.3 is 21.1 Å². The Labute approximate surface area is 121 Å². The molecule has 1 heterocycles.